The third kappa shape index (κ3) is 44.1. The van der Waals surface area contributed by atoms with E-state index in [4.69, 9.17) is 28.1 Å². The van der Waals surface area contributed by atoms with Crippen molar-refractivity contribution < 1.29 is 168 Å². The second kappa shape index (κ2) is 53.0. The van der Waals surface area contributed by atoms with Crippen LogP contribution >= 0.6 is 0 Å². The molecule has 0 spiro atoms. The molecule has 4 atom stereocenters. The van der Waals surface area contributed by atoms with E-state index in [0.29, 0.717) is 22.3 Å². The molecule has 4 aliphatic rings. The molecule has 126 heavy (non-hydrogen) atoms. The molecule has 0 saturated carbocycles. The Bertz CT molecular complexity index is 4600. The van der Waals surface area contributed by atoms with E-state index in [1.165, 1.54) is 0 Å². The van der Waals surface area contributed by atoms with E-state index in [0.717, 1.165) is 66.9 Å². The topological polar surface area (TPSA) is 445 Å². The first kappa shape index (κ1) is 116. The van der Waals surface area contributed by atoms with E-state index in [-0.39, 0.29) is 121 Å². The molecular weight excluding hydrogens is 1720 g/mol. The van der Waals surface area contributed by atoms with Gasteiger partial charge in [0.15, 0.2) is 47.5 Å². The number of nitrogens with one attached hydrogen (secondary N) is 4. The van der Waals surface area contributed by atoms with Crippen LogP contribution in [0.5, 0.6) is 0 Å². The normalized spacial score (nSPS) is 20.7. The number of hydrogen-bond donors (Lipinski definition) is 6. The summed E-state index contributed by atoms with van der Waals surface area (Å²) in [4.78, 5) is 101. The van der Waals surface area contributed by atoms with Crippen molar-refractivity contribution in [2.24, 2.45) is 21.7 Å². The van der Waals surface area contributed by atoms with Crippen molar-refractivity contribution in [3.8, 4) is 0 Å². The molecule has 0 aliphatic heterocycles. The van der Waals surface area contributed by atoms with Gasteiger partial charge in [-0.1, -0.05) is 270 Å². The summed E-state index contributed by atoms with van der Waals surface area (Å²) in [5, 5.41) is 8.88. The first-order valence-electron chi connectivity index (χ1n) is 40.0. The average molecular weight is 1840 g/mol. The zero-order valence-electron chi connectivity index (χ0n) is 76.5. The van der Waals surface area contributed by atoms with Crippen molar-refractivity contribution in [3.05, 3.63) is 259 Å². The summed E-state index contributed by atoms with van der Waals surface area (Å²) in [6.45, 7) is 36.6. The average Bonchev–Trinajstić information content (AvgIpc) is 0.798. The molecule has 0 aromatic heterocycles. The summed E-state index contributed by atoms with van der Waals surface area (Å²) < 4.78 is 147. The van der Waals surface area contributed by atoms with Gasteiger partial charge in [-0.3, -0.25) is 28.3 Å². The molecular formula is C92H122N4Na2O24S4. The Hall–Kier alpha value is -8.32. The fourth-order valence-corrected chi connectivity index (χ4v) is 14.7. The van der Waals surface area contributed by atoms with Gasteiger partial charge in [-0.25, -0.2) is 36.0 Å². The quantitative estimate of drug-likeness (QED) is 0.0147. The van der Waals surface area contributed by atoms with Crippen LogP contribution < -0.4 is 80.4 Å². The zero-order valence-corrected chi connectivity index (χ0v) is 83.7. The minimum absolute atomic E-state index is 0. The van der Waals surface area contributed by atoms with Crippen LogP contribution in [0.3, 0.4) is 0 Å². The van der Waals surface area contributed by atoms with Gasteiger partial charge >= 0.3 is 83.5 Å². The van der Waals surface area contributed by atoms with Crippen molar-refractivity contribution in [1.82, 2.24) is 21.3 Å². The number of hydrogen-bond acceptors (Lipinski definition) is 22. The molecule has 34 heteroatoms. The summed E-state index contributed by atoms with van der Waals surface area (Å²) in [5.41, 5.74) is 11.1. The Morgan fingerprint density at radius 1 is 0.325 bits per heavy atom. The van der Waals surface area contributed by atoms with Crippen LogP contribution in [-0.2, 0) is 78.6 Å². The number of ketones is 4. The molecule has 4 amide bonds. The predicted molar refractivity (Wildman–Crippen MR) is 481 cm³/mol. The SMILES string of the molecule is CC(C=CC=C(C)C=CC1=C(C)C(=O)C(OC(=O)NCCS(=O)(=O)[O-])CC1(C)C)=CC=CC=C(C)C=CC=C(C)C=CC1=C(C)C(=O)C(OC(=O)NCCS(=O)(=O)O)CC1(C)C.CC(C=CC=C(C)C=CC1=C(C)C(=O)C(OC(=O)NCCS(=O)(=O)[O-])CC1(C)C)=CC=CC=C(C)C=CC=C(C)C=CC1=C(C)C(=O)C(OC(=O)NCCS(=O)(=O)O)CC1(C)C.[Na+].[Na+]. The summed E-state index contributed by atoms with van der Waals surface area (Å²) >= 11 is 0. The van der Waals surface area contributed by atoms with Crippen LogP contribution in [0.4, 0.5) is 19.2 Å². The minimum atomic E-state index is -4.49. The van der Waals surface area contributed by atoms with Crippen LogP contribution in [-0.4, -0.2) is 173 Å². The predicted octanol–water partition coefficient (Wildman–Crippen LogP) is 9.62. The molecule has 4 unspecified atom stereocenters. The number of alkyl carbamates (subject to hydrolysis) is 4. The van der Waals surface area contributed by atoms with Crippen molar-refractivity contribution in [2.75, 3.05) is 49.2 Å². The second-order valence-corrected chi connectivity index (χ2v) is 39.4. The van der Waals surface area contributed by atoms with Gasteiger partial charge in [0.25, 0.3) is 20.2 Å². The molecule has 0 radical (unpaired) electrons. The fraction of sp³-hybridized carbons (Fsp3) is 0.435. The molecule has 6 N–H and O–H groups in total. The largest absolute Gasteiger partial charge is 1.00 e. The molecule has 0 aromatic carbocycles. The van der Waals surface area contributed by atoms with E-state index in [1.807, 2.05) is 281 Å². The maximum Gasteiger partial charge on any atom is 1.00 e. The van der Waals surface area contributed by atoms with Crippen molar-refractivity contribution in [2.45, 2.75) is 189 Å². The van der Waals surface area contributed by atoms with Gasteiger partial charge in [0.05, 0.1) is 43.2 Å². The third-order valence-electron chi connectivity index (χ3n) is 20.0. The van der Waals surface area contributed by atoms with Crippen molar-refractivity contribution in [3.63, 3.8) is 0 Å². The zero-order chi connectivity index (χ0) is 94.1. The first-order valence-corrected chi connectivity index (χ1v) is 46.3. The Balaban J connectivity index is 0.00000124. The standard InChI is InChI=1S/2C46H62N2O12S2.2Na/c2*1-31(17-13-19-33(3)21-23-37-35(5)41(49)39(29-45(37,7)8)59-43(51)47-25-27-61(53,54)55)15-11-12-16-32(2)18-14-20-34(4)22-24-38-36(6)42(50)40(30-46(38,9)10)60-44(52)48-26-28-62(56,57)58;;/h2*11-24,39-40H,25-30H2,1-10H3,(H,47,51)(H,48,52)(H,53,54,55)(H,56,57,58);;/q;;2*+1/p-2. The van der Waals surface area contributed by atoms with Crippen LogP contribution in [0.25, 0.3) is 0 Å². The monoisotopic (exact) mass is 1840 g/mol. The smallest absolute Gasteiger partial charge is 0.748 e. The Kier molecular flexibility index (Phi) is 48.6. The van der Waals surface area contributed by atoms with Gasteiger partial charge in [0.1, 0.15) is 0 Å². The summed E-state index contributed by atoms with van der Waals surface area (Å²) in [6, 6.07) is 0. The van der Waals surface area contributed by atoms with Gasteiger partial charge in [0.2, 0.25) is 0 Å². The molecule has 680 valence electrons. The molecule has 0 aromatic rings. The number of carbonyl (C=O) groups excluding carboxylic acids is 8. The van der Waals surface area contributed by atoms with E-state index in [9.17, 15) is 81.1 Å². The number of carbonyl (C=O) groups is 8. The molecule has 4 aliphatic carbocycles. The van der Waals surface area contributed by atoms with Crippen LogP contribution in [0, 0.1) is 21.7 Å². The summed E-state index contributed by atoms with van der Waals surface area (Å²) in [7, 11) is -17.5. The molecule has 0 saturated heterocycles. The number of ether oxygens (including phenoxy) is 4. The fourth-order valence-electron chi connectivity index (χ4n) is 13.3. The minimum Gasteiger partial charge on any atom is -0.748 e. The van der Waals surface area contributed by atoms with E-state index >= 15 is 0 Å². The Morgan fingerprint density at radius 3 is 0.667 bits per heavy atom. The maximum atomic E-state index is 13.0. The number of allylic oxidation sites excluding steroid dienone is 40. The van der Waals surface area contributed by atoms with Gasteiger partial charge in [-0.15, -0.1) is 0 Å². The van der Waals surface area contributed by atoms with Gasteiger partial charge in [0, 0.05) is 51.9 Å². The van der Waals surface area contributed by atoms with Gasteiger partial charge in [-0.2, -0.15) is 16.8 Å². The summed E-state index contributed by atoms with van der Waals surface area (Å²) in [6.07, 6.45) is 47.5. The van der Waals surface area contributed by atoms with Crippen LogP contribution in [0.2, 0.25) is 0 Å². The molecule has 28 nitrogen and oxygen atoms in total. The van der Waals surface area contributed by atoms with E-state index in [1.54, 1.807) is 27.7 Å². The first-order chi connectivity index (χ1) is 57.2. The second-order valence-electron chi connectivity index (χ2n) is 33.2. The van der Waals surface area contributed by atoms with Crippen molar-refractivity contribution in [1.29, 1.82) is 0 Å². The number of Topliss-reactive ketones (excluding diaryl/α,β-unsaturated/α-hetero) is 4. The molecule has 0 heterocycles. The van der Waals surface area contributed by atoms with E-state index in [2.05, 4.69) is 21.3 Å². The maximum absolute atomic E-state index is 13.0. The van der Waals surface area contributed by atoms with Crippen LogP contribution in [0.1, 0.15) is 164 Å². The van der Waals surface area contributed by atoms with Crippen molar-refractivity contribution >= 4 is 88.0 Å². The summed E-state index contributed by atoms with van der Waals surface area (Å²) in [5.74, 6) is -4.21. The Labute approximate surface area is 789 Å². The Morgan fingerprint density at radius 2 is 0.492 bits per heavy atom. The van der Waals surface area contributed by atoms with Gasteiger partial charge < -0.3 is 49.3 Å². The molecule has 4 rings (SSSR count). The number of amides is 4. The van der Waals surface area contributed by atoms with Crippen LogP contribution in [0.15, 0.2) is 259 Å². The van der Waals surface area contributed by atoms with Gasteiger partial charge in [-0.05, 0) is 149 Å². The third-order valence-corrected chi connectivity index (χ3v) is 22.9. The van der Waals surface area contributed by atoms with E-state index < -0.39 is 147 Å². The molecule has 0 fully saturated rings. The molecule has 0 bridgehead atoms. The number of rotatable bonds is 36.